The predicted octanol–water partition coefficient (Wildman–Crippen LogP) is 0.499. The Balaban J connectivity index is 3.74. The van der Waals surface area contributed by atoms with E-state index in [0.29, 0.717) is 6.54 Å². The molecule has 0 aliphatic carbocycles. The summed E-state index contributed by atoms with van der Waals surface area (Å²) in [5.74, 6) is -1.87. The average Bonchev–Trinajstić information content (AvgIpc) is 1.64. The lowest BCUT2D eigenvalue weighted by Crippen LogP contribution is -2.27. The highest BCUT2D eigenvalue weighted by Crippen LogP contribution is 2.15. The summed E-state index contributed by atoms with van der Waals surface area (Å²) >= 11 is 0. The second kappa shape index (κ2) is 2.82. The van der Waals surface area contributed by atoms with Gasteiger partial charge in [-0.05, 0) is 7.05 Å². The van der Waals surface area contributed by atoms with E-state index in [-0.39, 0.29) is 0 Å². The highest BCUT2D eigenvalue weighted by atomic mass is 19.4. The third kappa shape index (κ3) is 3.07. The van der Waals surface area contributed by atoms with Gasteiger partial charge in [0.15, 0.2) is 0 Å². The van der Waals surface area contributed by atoms with Crippen molar-refractivity contribution in [1.29, 1.82) is 0 Å². The van der Waals surface area contributed by atoms with Crippen LogP contribution in [0.4, 0.5) is 13.2 Å². The molecule has 0 fully saturated rings. The van der Waals surface area contributed by atoms with Crippen molar-refractivity contribution < 1.29 is 18.0 Å². The molecule has 0 amide bonds. The van der Waals surface area contributed by atoms with Gasteiger partial charge in [-0.15, -0.1) is 0 Å². The number of ketones is 1. The van der Waals surface area contributed by atoms with Crippen LogP contribution in [0.25, 0.3) is 0 Å². The molecule has 0 spiro atoms. The number of carbonyl (C=O) groups is 1. The van der Waals surface area contributed by atoms with Crippen LogP contribution in [0.3, 0.4) is 0 Å². The minimum Gasteiger partial charge on any atom is -0.309 e. The summed E-state index contributed by atoms with van der Waals surface area (Å²) < 4.78 is 33.6. The van der Waals surface area contributed by atoms with Gasteiger partial charge in [-0.25, -0.2) is 0 Å². The number of nitrogens with one attached hydrogen (secondary N) is 1. The van der Waals surface area contributed by atoms with Crippen LogP contribution in [-0.4, -0.2) is 19.0 Å². The summed E-state index contributed by atoms with van der Waals surface area (Å²) in [6.07, 6.45) is -4.75. The molecule has 0 unspecified atom stereocenters. The van der Waals surface area contributed by atoms with Crippen molar-refractivity contribution >= 4 is 5.78 Å². The number of rotatable bonds is 2. The number of alkyl halides is 3. The van der Waals surface area contributed by atoms with Crippen LogP contribution in [-0.2, 0) is 4.79 Å². The van der Waals surface area contributed by atoms with Crippen LogP contribution < -0.4 is 5.32 Å². The van der Waals surface area contributed by atoms with E-state index in [1.54, 1.807) is 0 Å². The van der Waals surface area contributed by atoms with Crippen LogP contribution in [0.5, 0.6) is 0 Å². The molecule has 0 bridgehead atoms. The topological polar surface area (TPSA) is 29.1 Å². The van der Waals surface area contributed by atoms with Crippen LogP contribution in [0.1, 0.15) is 0 Å². The lowest BCUT2D eigenvalue weighted by Gasteiger charge is -2.01. The molecular weight excluding hydrogens is 135 g/mol. The molecule has 9 heavy (non-hydrogen) atoms. The van der Waals surface area contributed by atoms with Gasteiger partial charge in [0.05, 0.1) is 6.54 Å². The maximum absolute atomic E-state index is 11.2. The molecule has 1 radical (unpaired) electrons. The summed E-state index contributed by atoms with van der Waals surface area (Å²) in [5, 5.41) is 1.98. The zero-order valence-electron chi connectivity index (χ0n) is 4.62. The van der Waals surface area contributed by atoms with Gasteiger partial charge in [0.25, 0.3) is 5.78 Å². The summed E-state index contributed by atoms with van der Waals surface area (Å²) in [7, 11) is 1.23. The molecule has 0 saturated heterocycles. The molecule has 0 aromatic rings. The first-order chi connectivity index (χ1) is 3.98. The van der Waals surface area contributed by atoms with Crippen molar-refractivity contribution in [1.82, 2.24) is 5.32 Å². The van der Waals surface area contributed by atoms with E-state index in [4.69, 9.17) is 0 Å². The second-order valence-electron chi connectivity index (χ2n) is 1.30. The zero-order valence-corrected chi connectivity index (χ0v) is 4.62. The van der Waals surface area contributed by atoms with Crippen molar-refractivity contribution in [3.63, 3.8) is 0 Å². The number of Topliss-reactive ketones (excluding diaryl/α,β-unsaturated/α-hetero) is 1. The van der Waals surface area contributed by atoms with Crippen molar-refractivity contribution in [3.05, 3.63) is 6.54 Å². The lowest BCUT2D eigenvalue weighted by atomic mass is 10.4. The third-order valence-corrected chi connectivity index (χ3v) is 0.555. The highest BCUT2D eigenvalue weighted by molar-refractivity contribution is 5.91. The highest BCUT2D eigenvalue weighted by Gasteiger charge is 2.37. The quantitative estimate of drug-likeness (QED) is 0.605. The summed E-state index contributed by atoms with van der Waals surface area (Å²) in [5.41, 5.74) is 0. The van der Waals surface area contributed by atoms with Crippen LogP contribution in [0.15, 0.2) is 0 Å². The van der Waals surface area contributed by atoms with Crippen LogP contribution >= 0.6 is 0 Å². The number of hydrogen-bond acceptors (Lipinski definition) is 2. The minimum atomic E-state index is -4.75. The minimum absolute atomic E-state index is 0.361. The van der Waals surface area contributed by atoms with Gasteiger partial charge in [0.2, 0.25) is 0 Å². The summed E-state index contributed by atoms with van der Waals surface area (Å²) in [4.78, 5) is 9.82. The zero-order chi connectivity index (χ0) is 7.49. The van der Waals surface area contributed by atoms with Gasteiger partial charge in [-0.3, -0.25) is 4.79 Å². The SMILES string of the molecule is CN[CH]C(=O)C(F)(F)F. The van der Waals surface area contributed by atoms with Crippen LogP contribution in [0.2, 0.25) is 0 Å². The van der Waals surface area contributed by atoms with Gasteiger partial charge in [-0.2, -0.15) is 13.2 Å². The Bertz CT molecular complexity index is 109. The lowest BCUT2D eigenvalue weighted by molar-refractivity contribution is -0.167. The molecule has 0 aromatic heterocycles. The molecule has 0 aliphatic rings. The Kier molecular flexibility index (Phi) is 2.64. The van der Waals surface area contributed by atoms with Crippen molar-refractivity contribution in [3.8, 4) is 0 Å². The molecule has 0 aromatic carbocycles. The predicted molar refractivity (Wildman–Crippen MR) is 24.4 cm³/mol. The number of likely N-dealkylation sites (N-methyl/N-ethyl adjacent to an activating group) is 1. The Morgan fingerprint density at radius 1 is 1.56 bits per heavy atom. The fourth-order valence-corrected chi connectivity index (χ4v) is 0.213. The van der Waals surface area contributed by atoms with E-state index in [2.05, 4.69) is 0 Å². The van der Waals surface area contributed by atoms with E-state index in [1.807, 2.05) is 5.32 Å². The summed E-state index contributed by atoms with van der Waals surface area (Å²) in [6.45, 7) is 0.361. The monoisotopic (exact) mass is 140 g/mol. The molecule has 53 valence electrons. The number of carbonyl (C=O) groups excluding carboxylic acids is 1. The molecule has 0 rings (SSSR count). The average molecular weight is 140 g/mol. The molecular formula is C4H5F3NO. The van der Waals surface area contributed by atoms with Crippen molar-refractivity contribution in [2.24, 2.45) is 0 Å². The maximum Gasteiger partial charge on any atom is 0.451 e. The van der Waals surface area contributed by atoms with E-state index < -0.39 is 12.0 Å². The molecule has 0 saturated carbocycles. The van der Waals surface area contributed by atoms with E-state index in [1.165, 1.54) is 7.05 Å². The normalized spacial score (nSPS) is 11.6. The Morgan fingerprint density at radius 2 is 2.00 bits per heavy atom. The van der Waals surface area contributed by atoms with Crippen molar-refractivity contribution in [2.75, 3.05) is 7.05 Å². The number of halogens is 3. The fourth-order valence-electron chi connectivity index (χ4n) is 0.213. The first-order valence-electron chi connectivity index (χ1n) is 2.10. The molecule has 0 aliphatic heterocycles. The Hall–Kier alpha value is -0.580. The first-order valence-corrected chi connectivity index (χ1v) is 2.10. The van der Waals surface area contributed by atoms with Gasteiger partial charge < -0.3 is 5.32 Å². The number of hydrogen-bond donors (Lipinski definition) is 1. The Morgan fingerprint density at radius 3 is 2.11 bits per heavy atom. The van der Waals surface area contributed by atoms with Gasteiger partial charge in [0, 0.05) is 0 Å². The van der Waals surface area contributed by atoms with Crippen LogP contribution in [0, 0.1) is 6.54 Å². The smallest absolute Gasteiger partial charge is 0.309 e. The van der Waals surface area contributed by atoms with Gasteiger partial charge in [-0.1, -0.05) is 0 Å². The van der Waals surface area contributed by atoms with E-state index >= 15 is 0 Å². The third-order valence-electron chi connectivity index (χ3n) is 0.555. The van der Waals surface area contributed by atoms with Gasteiger partial charge >= 0.3 is 6.18 Å². The molecule has 0 heterocycles. The second-order valence-corrected chi connectivity index (χ2v) is 1.30. The van der Waals surface area contributed by atoms with Gasteiger partial charge in [0.1, 0.15) is 0 Å². The molecule has 0 atom stereocenters. The Labute approximate surface area is 50.0 Å². The maximum atomic E-state index is 11.2. The largest absolute Gasteiger partial charge is 0.451 e. The summed E-state index contributed by atoms with van der Waals surface area (Å²) in [6, 6.07) is 0. The standard InChI is InChI=1S/C4H5F3NO/c1-8-2-3(9)4(5,6)7/h2,8H,1H3. The fraction of sp³-hybridized carbons (Fsp3) is 0.500. The van der Waals surface area contributed by atoms with E-state index in [0.717, 1.165) is 0 Å². The van der Waals surface area contributed by atoms with E-state index in [9.17, 15) is 18.0 Å². The first kappa shape index (κ1) is 8.42. The molecule has 2 nitrogen and oxygen atoms in total. The van der Waals surface area contributed by atoms with Crippen molar-refractivity contribution in [2.45, 2.75) is 6.18 Å². The molecule has 1 N–H and O–H groups in total. The molecule has 5 heteroatoms.